The smallest absolute Gasteiger partial charge is 0.134 e. The number of halogens is 3. The molecule has 7 heteroatoms. The molecular weight excluding hydrogens is 435 g/mol. The van der Waals surface area contributed by atoms with Crippen LogP contribution < -0.4 is 5.32 Å². The number of hydrogen-bond donors (Lipinski definition) is 1. The number of anilines is 2. The molecule has 0 aliphatic heterocycles. The molecule has 0 atom stereocenters. The van der Waals surface area contributed by atoms with E-state index in [-0.39, 0.29) is 0 Å². The zero-order chi connectivity index (χ0) is 18.1. The van der Waals surface area contributed by atoms with Gasteiger partial charge < -0.3 is 5.32 Å². The molecule has 3 heterocycles. The van der Waals surface area contributed by atoms with Crippen LogP contribution in [0.3, 0.4) is 0 Å². The molecule has 3 aromatic heterocycles. The van der Waals surface area contributed by atoms with E-state index in [1.807, 2.05) is 47.0 Å². The predicted octanol–water partition coefficient (Wildman–Crippen LogP) is 6.13. The lowest BCUT2D eigenvalue weighted by molar-refractivity contribution is 0.959. The van der Waals surface area contributed by atoms with Gasteiger partial charge in [0.05, 0.1) is 16.2 Å². The largest absolute Gasteiger partial charge is 0.325 e. The van der Waals surface area contributed by atoms with Crippen LogP contribution in [0, 0.1) is 0 Å². The molecule has 4 nitrogen and oxygen atoms in total. The summed E-state index contributed by atoms with van der Waals surface area (Å²) in [5, 5.41) is 9.06. The van der Waals surface area contributed by atoms with Crippen LogP contribution >= 0.6 is 39.1 Å². The first-order valence-electron chi connectivity index (χ1n) is 7.89. The van der Waals surface area contributed by atoms with Gasteiger partial charge in [-0.2, -0.15) is 5.10 Å². The van der Waals surface area contributed by atoms with E-state index in [0.717, 1.165) is 32.8 Å². The molecule has 130 valence electrons. The molecule has 0 aliphatic rings. The van der Waals surface area contributed by atoms with E-state index in [0.29, 0.717) is 16.5 Å². The second-order valence-electron chi connectivity index (χ2n) is 5.76. The zero-order valence-corrected chi connectivity index (χ0v) is 16.6. The minimum absolute atomic E-state index is 0.615. The minimum Gasteiger partial charge on any atom is -0.325 e. The fourth-order valence-electron chi connectivity index (χ4n) is 2.78. The number of hydrogen-bond acceptors (Lipinski definition) is 3. The van der Waals surface area contributed by atoms with Gasteiger partial charge in [0.1, 0.15) is 11.6 Å². The highest BCUT2D eigenvalue weighted by molar-refractivity contribution is 9.10. The average Bonchev–Trinajstić information content (AvgIpc) is 3.01. The van der Waals surface area contributed by atoms with Crippen LogP contribution in [0.4, 0.5) is 11.6 Å². The number of rotatable bonds is 4. The van der Waals surface area contributed by atoms with Gasteiger partial charge >= 0.3 is 0 Å². The van der Waals surface area contributed by atoms with E-state index in [4.69, 9.17) is 23.2 Å². The van der Waals surface area contributed by atoms with Crippen molar-refractivity contribution in [2.75, 3.05) is 5.32 Å². The third-order valence-corrected chi connectivity index (χ3v) is 5.31. The summed E-state index contributed by atoms with van der Waals surface area (Å²) in [5.41, 5.74) is 2.91. The molecule has 4 aromatic rings. The Morgan fingerprint density at radius 2 is 1.85 bits per heavy atom. The van der Waals surface area contributed by atoms with Crippen molar-refractivity contribution in [3.05, 3.63) is 86.6 Å². The minimum atomic E-state index is 0.615. The van der Waals surface area contributed by atoms with Crippen LogP contribution in [0.25, 0.3) is 5.52 Å². The van der Waals surface area contributed by atoms with Gasteiger partial charge in [0.15, 0.2) is 0 Å². The van der Waals surface area contributed by atoms with Gasteiger partial charge in [-0.15, -0.1) is 0 Å². The van der Waals surface area contributed by atoms with Crippen LogP contribution in [-0.2, 0) is 6.42 Å². The molecule has 0 amide bonds. The van der Waals surface area contributed by atoms with Gasteiger partial charge in [-0.1, -0.05) is 35.3 Å². The summed E-state index contributed by atoms with van der Waals surface area (Å²) in [6.45, 7) is 0. The Morgan fingerprint density at radius 3 is 2.58 bits per heavy atom. The van der Waals surface area contributed by atoms with Crippen molar-refractivity contribution in [2.45, 2.75) is 6.42 Å². The fraction of sp³-hybridized carbons (Fsp3) is 0.0526. The molecule has 26 heavy (non-hydrogen) atoms. The SMILES string of the molecule is Clc1cccc(Cl)c1Cc1cc(Nc2ccccn2)n2ncc(Br)c2c1. The highest BCUT2D eigenvalue weighted by Gasteiger charge is 2.12. The molecule has 0 radical (unpaired) electrons. The average molecular weight is 448 g/mol. The fourth-order valence-corrected chi connectivity index (χ4v) is 3.68. The molecular formula is C19H13BrCl2N4. The number of fused-ring (bicyclic) bond motifs is 1. The molecule has 0 saturated carbocycles. The lowest BCUT2D eigenvalue weighted by Gasteiger charge is -2.12. The standard InChI is InChI=1S/C19H13BrCl2N4/c20-14-11-24-26-17(14)9-12(8-13-15(21)4-3-5-16(13)22)10-19(26)25-18-6-1-2-7-23-18/h1-7,9-11H,8H2,(H,23,25). The Kier molecular flexibility index (Phi) is 4.85. The van der Waals surface area contributed by atoms with Crippen molar-refractivity contribution in [1.29, 1.82) is 0 Å². The Labute approximate surface area is 168 Å². The van der Waals surface area contributed by atoms with Crippen molar-refractivity contribution in [3.8, 4) is 0 Å². The summed E-state index contributed by atoms with van der Waals surface area (Å²) < 4.78 is 2.74. The highest BCUT2D eigenvalue weighted by atomic mass is 79.9. The van der Waals surface area contributed by atoms with Crippen LogP contribution in [0.2, 0.25) is 10.0 Å². The molecule has 0 spiro atoms. The van der Waals surface area contributed by atoms with Crippen LogP contribution in [0.5, 0.6) is 0 Å². The summed E-state index contributed by atoms with van der Waals surface area (Å²) in [7, 11) is 0. The Morgan fingerprint density at radius 1 is 1.04 bits per heavy atom. The second kappa shape index (κ2) is 7.27. The van der Waals surface area contributed by atoms with E-state index >= 15 is 0 Å². The van der Waals surface area contributed by atoms with Crippen molar-refractivity contribution >= 4 is 56.3 Å². The lowest BCUT2D eigenvalue weighted by atomic mass is 10.1. The van der Waals surface area contributed by atoms with Crippen LogP contribution in [0.15, 0.2) is 65.4 Å². The van der Waals surface area contributed by atoms with E-state index in [9.17, 15) is 0 Å². The van der Waals surface area contributed by atoms with Gasteiger partial charge in [-0.05, 0) is 63.5 Å². The van der Waals surface area contributed by atoms with Crippen molar-refractivity contribution in [2.24, 2.45) is 0 Å². The molecule has 1 N–H and O–H groups in total. The zero-order valence-electron chi connectivity index (χ0n) is 13.5. The Hall–Kier alpha value is -2.08. The summed E-state index contributed by atoms with van der Waals surface area (Å²) in [6, 6.07) is 15.4. The Bertz CT molecular complexity index is 1060. The Balaban J connectivity index is 1.79. The van der Waals surface area contributed by atoms with Gasteiger partial charge in [-0.25, -0.2) is 9.50 Å². The first-order chi connectivity index (χ1) is 12.6. The third-order valence-electron chi connectivity index (χ3n) is 4.00. The first kappa shape index (κ1) is 17.3. The molecule has 0 saturated heterocycles. The van der Waals surface area contributed by atoms with Gasteiger partial charge in [-0.3, -0.25) is 0 Å². The summed E-state index contributed by atoms with van der Waals surface area (Å²) >= 11 is 16.2. The van der Waals surface area contributed by atoms with Crippen LogP contribution in [0.1, 0.15) is 11.1 Å². The third kappa shape index (κ3) is 3.43. The van der Waals surface area contributed by atoms with Crippen molar-refractivity contribution < 1.29 is 0 Å². The van der Waals surface area contributed by atoms with Crippen LogP contribution in [-0.4, -0.2) is 14.6 Å². The maximum atomic E-state index is 6.34. The molecule has 4 rings (SSSR count). The molecule has 0 unspecified atom stereocenters. The summed E-state index contributed by atoms with van der Waals surface area (Å²) in [4.78, 5) is 4.32. The maximum absolute atomic E-state index is 6.34. The number of nitrogens with zero attached hydrogens (tertiary/aromatic N) is 3. The van der Waals surface area contributed by atoms with E-state index < -0.39 is 0 Å². The molecule has 0 aliphatic carbocycles. The summed E-state index contributed by atoms with van der Waals surface area (Å²) in [6.07, 6.45) is 4.13. The van der Waals surface area contributed by atoms with Gasteiger partial charge in [0.2, 0.25) is 0 Å². The van der Waals surface area contributed by atoms with Gasteiger partial charge in [0, 0.05) is 22.7 Å². The normalized spacial score (nSPS) is 11.0. The molecule has 1 aromatic carbocycles. The number of pyridine rings is 2. The maximum Gasteiger partial charge on any atom is 0.134 e. The summed E-state index contributed by atoms with van der Waals surface area (Å²) in [5.74, 6) is 1.55. The number of benzene rings is 1. The number of nitrogens with one attached hydrogen (secondary N) is 1. The van der Waals surface area contributed by atoms with Gasteiger partial charge in [0.25, 0.3) is 0 Å². The van der Waals surface area contributed by atoms with E-state index in [1.54, 1.807) is 12.4 Å². The second-order valence-corrected chi connectivity index (χ2v) is 7.42. The highest BCUT2D eigenvalue weighted by Crippen LogP contribution is 2.30. The lowest BCUT2D eigenvalue weighted by Crippen LogP contribution is -2.03. The van der Waals surface area contributed by atoms with E-state index in [2.05, 4.69) is 37.4 Å². The quantitative estimate of drug-likeness (QED) is 0.409. The van der Waals surface area contributed by atoms with Crippen molar-refractivity contribution in [1.82, 2.24) is 14.6 Å². The topological polar surface area (TPSA) is 42.2 Å². The van der Waals surface area contributed by atoms with E-state index in [1.165, 1.54) is 0 Å². The molecule has 0 bridgehead atoms. The first-order valence-corrected chi connectivity index (χ1v) is 9.44. The monoisotopic (exact) mass is 446 g/mol. The number of aromatic nitrogens is 3. The van der Waals surface area contributed by atoms with Crippen molar-refractivity contribution in [3.63, 3.8) is 0 Å². The predicted molar refractivity (Wildman–Crippen MR) is 110 cm³/mol. The molecule has 0 fully saturated rings.